The van der Waals surface area contributed by atoms with Crippen molar-refractivity contribution < 1.29 is 4.79 Å². The molecule has 1 aromatic heterocycles. The number of thiophene rings is 1. The highest BCUT2D eigenvalue weighted by molar-refractivity contribution is 7.12. The van der Waals surface area contributed by atoms with Crippen molar-refractivity contribution in [2.45, 2.75) is 32.6 Å². The van der Waals surface area contributed by atoms with Crippen molar-refractivity contribution in [1.82, 2.24) is 4.90 Å². The molecule has 0 saturated heterocycles. The van der Waals surface area contributed by atoms with Crippen LogP contribution in [0, 0.1) is 0 Å². The van der Waals surface area contributed by atoms with E-state index in [0.717, 1.165) is 11.3 Å². The Bertz CT molecular complexity index is 347. The van der Waals surface area contributed by atoms with E-state index in [-0.39, 0.29) is 5.91 Å². The molecule has 1 heterocycles. The largest absolute Gasteiger partial charge is 0.342 e. The number of halogens is 1. The van der Waals surface area contributed by atoms with Crippen LogP contribution in [0.5, 0.6) is 0 Å². The van der Waals surface area contributed by atoms with Gasteiger partial charge in [-0.1, -0.05) is 6.92 Å². The monoisotopic (exact) mass is 259 g/mol. The van der Waals surface area contributed by atoms with Crippen LogP contribution in [-0.4, -0.2) is 23.9 Å². The molecule has 1 atom stereocenters. The van der Waals surface area contributed by atoms with Crippen LogP contribution >= 0.6 is 22.9 Å². The van der Waals surface area contributed by atoms with Crippen molar-refractivity contribution in [3.8, 4) is 0 Å². The molecule has 1 unspecified atom stereocenters. The maximum Gasteiger partial charge on any atom is 0.245 e. The smallest absolute Gasteiger partial charge is 0.245 e. The Kier molecular flexibility index (Phi) is 5.29. The molecule has 1 amide bonds. The topological polar surface area (TPSA) is 20.3 Å². The molecule has 0 aromatic carbocycles. The minimum atomic E-state index is -0.523. The van der Waals surface area contributed by atoms with Gasteiger partial charge in [-0.2, -0.15) is 0 Å². The number of aryl methyl sites for hydroxylation is 1. The van der Waals surface area contributed by atoms with Gasteiger partial charge in [0.1, 0.15) is 5.38 Å². The molecule has 0 spiro atoms. The number of alkyl halides is 1. The maximum atomic E-state index is 12.0. The Labute approximate surface area is 106 Å². The van der Waals surface area contributed by atoms with Crippen molar-refractivity contribution in [3.05, 3.63) is 21.9 Å². The van der Waals surface area contributed by atoms with Crippen molar-refractivity contribution >= 4 is 28.8 Å². The van der Waals surface area contributed by atoms with E-state index in [1.165, 1.54) is 4.88 Å². The van der Waals surface area contributed by atoms with E-state index >= 15 is 0 Å². The van der Waals surface area contributed by atoms with E-state index in [1.54, 1.807) is 16.2 Å². The van der Waals surface area contributed by atoms with Crippen LogP contribution in [0.25, 0.3) is 0 Å². The van der Waals surface area contributed by atoms with Gasteiger partial charge in [-0.15, -0.1) is 22.9 Å². The Hall–Kier alpha value is -0.540. The van der Waals surface area contributed by atoms with Gasteiger partial charge in [-0.3, -0.25) is 4.79 Å². The van der Waals surface area contributed by atoms with Gasteiger partial charge in [0.2, 0.25) is 5.91 Å². The van der Waals surface area contributed by atoms with Crippen molar-refractivity contribution in [3.63, 3.8) is 0 Å². The summed E-state index contributed by atoms with van der Waals surface area (Å²) < 4.78 is 0. The standard InChI is InChI=1S/C12H18ClNOS/c1-4-9-7-8-10(16-9)11(13)12(15)14(5-2)6-3/h7-8,11H,4-6H2,1-3H3. The zero-order chi connectivity index (χ0) is 12.1. The lowest BCUT2D eigenvalue weighted by Gasteiger charge is -2.21. The highest BCUT2D eigenvalue weighted by Crippen LogP contribution is 2.29. The summed E-state index contributed by atoms with van der Waals surface area (Å²) in [7, 11) is 0. The molecular weight excluding hydrogens is 242 g/mol. The van der Waals surface area contributed by atoms with E-state index in [9.17, 15) is 4.79 Å². The first-order chi connectivity index (χ1) is 7.63. The molecular formula is C12H18ClNOS. The first kappa shape index (κ1) is 13.5. The molecule has 1 rings (SSSR count). The third-order valence-corrected chi connectivity index (χ3v) is 4.42. The molecule has 0 aliphatic heterocycles. The van der Waals surface area contributed by atoms with Crippen LogP contribution in [0.15, 0.2) is 12.1 Å². The molecule has 0 N–H and O–H groups in total. The fourth-order valence-electron chi connectivity index (χ4n) is 1.54. The molecule has 90 valence electrons. The molecule has 0 aliphatic carbocycles. The quantitative estimate of drug-likeness (QED) is 0.742. The SMILES string of the molecule is CCc1ccc(C(Cl)C(=O)N(CC)CC)s1. The minimum absolute atomic E-state index is 0.0103. The van der Waals surface area contributed by atoms with Gasteiger partial charge in [-0.05, 0) is 32.4 Å². The van der Waals surface area contributed by atoms with Gasteiger partial charge >= 0.3 is 0 Å². The van der Waals surface area contributed by atoms with E-state index in [1.807, 2.05) is 26.0 Å². The molecule has 16 heavy (non-hydrogen) atoms. The average Bonchev–Trinajstić information content (AvgIpc) is 2.78. The van der Waals surface area contributed by atoms with Crippen molar-refractivity contribution in [2.24, 2.45) is 0 Å². The van der Waals surface area contributed by atoms with Gasteiger partial charge in [0.25, 0.3) is 0 Å². The second kappa shape index (κ2) is 6.26. The van der Waals surface area contributed by atoms with E-state index in [0.29, 0.717) is 13.1 Å². The lowest BCUT2D eigenvalue weighted by atomic mass is 10.3. The van der Waals surface area contributed by atoms with Gasteiger partial charge < -0.3 is 4.90 Å². The summed E-state index contributed by atoms with van der Waals surface area (Å²) in [5.41, 5.74) is 0. The second-order valence-electron chi connectivity index (χ2n) is 3.53. The predicted octanol–water partition coefficient (Wildman–Crippen LogP) is 3.46. The molecule has 0 bridgehead atoms. The van der Waals surface area contributed by atoms with E-state index in [4.69, 9.17) is 11.6 Å². The third-order valence-electron chi connectivity index (χ3n) is 2.57. The summed E-state index contributed by atoms with van der Waals surface area (Å²) in [5, 5.41) is -0.523. The number of carbonyl (C=O) groups is 1. The van der Waals surface area contributed by atoms with Gasteiger partial charge in [0.05, 0.1) is 0 Å². The zero-order valence-electron chi connectivity index (χ0n) is 10.00. The average molecular weight is 260 g/mol. The Morgan fingerprint density at radius 1 is 1.38 bits per heavy atom. The summed E-state index contributed by atoms with van der Waals surface area (Å²) in [6, 6.07) is 4.01. The van der Waals surface area contributed by atoms with E-state index < -0.39 is 5.38 Å². The highest BCUT2D eigenvalue weighted by Gasteiger charge is 2.23. The fraction of sp³-hybridized carbons (Fsp3) is 0.583. The van der Waals surface area contributed by atoms with Crippen molar-refractivity contribution in [1.29, 1.82) is 0 Å². The number of hydrogen-bond donors (Lipinski definition) is 0. The molecule has 0 fully saturated rings. The van der Waals surface area contributed by atoms with E-state index in [2.05, 4.69) is 6.92 Å². The van der Waals surface area contributed by atoms with Crippen LogP contribution in [0.3, 0.4) is 0 Å². The lowest BCUT2D eigenvalue weighted by Crippen LogP contribution is -2.32. The molecule has 1 aromatic rings. The number of nitrogens with zero attached hydrogens (tertiary/aromatic N) is 1. The lowest BCUT2D eigenvalue weighted by molar-refractivity contribution is -0.130. The summed E-state index contributed by atoms with van der Waals surface area (Å²) in [5.74, 6) is 0.0103. The third kappa shape index (κ3) is 2.98. The molecule has 0 aliphatic rings. The summed E-state index contributed by atoms with van der Waals surface area (Å²) in [4.78, 5) is 16.0. The molecule has 0 saturated carbocycles. The number of hydrogen-bond acceptors (Lipinski definition) is 2. The Morgan fingerprint density at radius 2 is 2.00 bits per heavy atom. The van der Waals surface area contributed by atoms with Gasteiger partial charge in [-0.25, -0.2) is 0 Å². The molecule has 4 heteroatoms. The van der Waals surface area contributed by atoms with Crippen LogP contribution in [0.1, 0.15) is 35.9 Å². The van der Waals surface area contributed by atoms with Gasteiger partial charge in [0.15, 0.2) is 0 Å². The second-order valence-corrected chi connectivity index (χ2v) is 5.17. The molecule has 0 radical (unpaired) electrons. The maximum absolute atomic E-state index is 12.0. The van der Waals surface area contributed by atoms with Gasteiger partial charge in [0, 0.05) is 22.8 Å². The normalized spacial score (nSPS) is 12.5. The Morgan fingerprint density at radius 3 is 2.44 bits per heavy atom. The summed E-state index contributed by atoms with van der Waals surface area (Å²) in [6.45, 7) is 7.47. The number of carbonyl (C=O) groups excluding carboxylic acids is 1. The van der Waals surface area contributed by atoms with Crippen LogP contribution < -0.4 is 0 Å². The number of rotatable bonds is 5. The summed E-state index contributed by atoms with van der Waals surface area (Å²) >= 11 is 7.83. The summed E-state index contributed by atoms with van der Waals surface area (Å²) in [6.07, 6.45) is 0.994. The highest BCUT2D eigenvalue weighted by atomic mass is 35.5. The predicted molar refractivity (Wildman–Crippen MR) is 70.2 cm³/mol. The number of amides is 1. The van der Waals surface area contributed by atoms with Crippen LogP contribution in [-0.2, 0) is 11.2 Å². The first-order valence-electron chi connectivity index (χ1n) is 5.65. The minimum Gasteiger partial charge on any atom is -0.342 e. The number of likely N-dealkylation sites (N-methyl/N-ethyl adjacent to an activating group) is 1. The van der Waals surface area contributed by atoms with Crippen LogP contribution in [0.2, 0.25) is 0 Å². The molecule has 2 nitrogen and oxygen atoms in total. The van der Waals surface area contributed by atoms with Crippen molar-refractivity contribution in [2.75, 3.05) is 13.1 Å². The first-order valence-corrected chi connectivity index (χ1v) is 6.90. The van der Waals surface area contributed by atoms with Crippen LogP contribution in [0.4, 0.5) is 0 Å². The fourth-order valence-corrected chi connectivity index (χ4v) is 2.81. The Balaban J connectivity index is 2.76. The zero-order valence-corrected chi connectivity index (χ0v) is 11.6.